The second-order valence-corrected chi connectivity index (χ2v) is 5.75. The number of nitrogens with one attached hydrogen (secondary N) is 1. The van der Waals surface area contributed by atoms with Gasteiger partial charge in [-0.2, -0.15) is 5.26 Å². The number of ether oxygens (including phenoxy) is 2. The maximum Gasteiger partial charge on any atom is 0.151 e. The Morgan fingerprint density at radius 2 is 2.09 bits per heavy atom. The molecule has 1 heterocycles. The highest BCUT2D eigenvalue weighted by molar-refractivity contribution is 6.30. The van der Waals surface area contributed by atoms with Crippen molar-refractivity contribution in [2.24, 2.45) is 0 Å². The van der Waals surface area contributed by atoms with E-state index in [1.165, 1.54) is 0 Å². The van der Waals surface area contributed by atoms with Crippen LogP contribution in [-0.2, 0) is 4.74 Å². The summed E-state index contributed by atoms with van der Waals surface area (Å²) in [6.45, 7) is 2.18. The largest absolute Gasteiger partial charge is 0.482 e. The number of halogens is 1. The smallest absolute Gasteiger partial charge is 0.151 e. The lowest BCUT2D eigenvalue weighted by Crippen LogP contribution is -2.43. The van der Waals surface area contributed by atoms with Crippen molar-refractivity contribution < 1.29 is 9.47 Å². The second kappa shape index (κ2) is 7.47. The van der Waals surface area contributed by atoms with Gasteiger partial charge in [0.05, 0.1) is 12.2 Å². The Labute approximate surface area is 140 Å². The highest BCUT2D eigenvalue weighted by atomic mass is 35.5. The summed E-state index contributed by atoms with van der Waals surface area (Å²) in [4.78, 5) is 0. The van der Waals surface area contributed by atoms with Crippen molar-refractivity contribution in [3.8, 4) is 11.8 Å². The normalized spacial score (nSPS) is 18.9. The summed E-state index contributed by atoms with van der Waals surface area (Å²) >= 11 is 5.96. The quantitative estimate of drug-likeness (QED) is 0.935. The number of benzene rings is 2. The van der Waals surface area contributed by atoms with Crippen LogP contribution >= 0.6 is 11.6 Å². The summed E-state index contributed by atoms with van der Waals surface area (Å²) in [5.41, 5.74) is 1.43. The first-order valence-electron chi connectivity index (χ1n) is 7.51. The van der Waals surface area contributed by atoms with Gasteiger partial charge in [-0.1, -0.05) is 41.9 Å². The molecule has 1 saturated heterocycles. The molecule has 1 unspecified atom stereocenters. The monoisotopic (exact) mass is 328 g/mol. The first-order chi connectivity index (χ1) is 11.3. The number of hydrogen-bond donors (Lipinski definition) is 1. The SMILES string of the molecule is N#Cc1cc(Cl)ccc1OC(c1ccccc1)[C@H]1CNCCO1. The van der Waals surface area contributed by atoms with Gasteiger partial charge in [-0.15, -0.1) is 0 Å². The van der Waals surface area contributed by atoms with Gasteiger partial charge in [0, 0.05) is 18.1 Å². The van der Waals surface area contributed by atoms with Crippen LogP contribution in [0.2, 0.25) is 5.02 Å². The number of rotatable bonds is 4. The minimum atomic E-state index is -0.294. The molecule has 0 radical (unpaired) electrons. The standard InChI is InChI=1S/C18H17ClN2O2/c19-15-6-7-16(14(10-15)11-20)23-18(13-4-2-1-3-5-13)17-12-21-8-9-22-17/h1-7,10,17-18,21H,8-9,12H2/t17-,18?/m1/s1. The van der Waals surface area contributed by atoms with Gasteiger partial charge in [-0.25, -0.2) is 0 Å². The van der Waals surface area contributed by atoms with Crippen LogP contribution in [-0.4, -0.2) is 25.8 Å². The third-order valence-electron chi connectivity index (χ3n) is 3.74. The maximum absolute atomic E-state index is 9.30. The van der Waals surface area contributed by atoms with E-state index in [-0.39, 0.29) is 12.2 Å². The van der Waals surface area contributed by atoms with Crippen LogP contribution in [0.1, 0.15) is 17.2 Å². The molecule has 0 bridgehead atoms. The summed E-state index contributed by atoms with van der Waals surface area (Å²) in [5.74, 6) is 0.514. The Morgan fingerprint density at radius 1 is 1.26 bits per heavy atom. The van der Waals surface area contributed by atoms with Gasteiger partial charge in [-0.3, -0.25) is 0 Å². The predicted octanol–water partition coefficient (Wildman–Crippen LogP) is 3.32. The zero-order valence-corrected chi connectivity index (χ0v) is 13.3. The molecule has 1 fully saturated rings. The van der Waals surface area contributed by atoms with Gasteiger partial charge >= 0.3 is 0 Å². The molecular formula is C18H17ClN2O2. The third kappa shape index (κ3) is 3.83. The van der Waals surface area contributed by atoms with Gasteiger partial charge in [-0.05, 0) is 23.8 Å². The molecule has 0 aromatic heterocycles. The van der Waals surface area contributed by atoms with Crippen molar-refractivity contribution in [2.45, 2.75) is 12.2 Å². The zero-order chi connectivity index (χ0) is 16.1. The van der Waals surface area contributed by atoms with E-state index in [0.717, 1.165) is 12.1 Å². The first kappa shape index (κ1) is 15.8. The molecule has 3 rings (SSSR count). The van der Waals surface area contributed by atoms with E-state index in [1.807, 2.05) is 30.3 Å². The number of nitriles is 1. The van der Waals surface area contributed by atoms with Crippen LogP contribution < -0.4 is 10.1 Å². The molecule has 2 aromatic rings. The third-order valence-corrected chi connectivity index (χ3v) is 3.97. The number of hydrogen-bond acceptors (Lipinski definition) is 4. The summed E-state index contributed by atoms with van der Waals surface area (Å²) in [6.07, 6.45) is -0.411. The summed E-state index contributed by atoms with van der Waals surface area (Å²) < 4.78 is 12.0. The van der Waals surface area contributed by atoms with Crippen LogP contribution in [0.4, 0.5) is 0 Å². The molecule has 0 saturated carbocycles. The van der Waals surface area contributed by atoms with E-state index < -0.39 is 0 Å². The van der Waals surface area contributed by atoms with Crippen LogP contribution in [0.5, 0.6) is 5.75 Å². The van der Waals surface area contributed by atoms with Crippen molar-refractivity contribution in [1.82, 2.24) is 5.32 Å². The molecule has 23 heavy (non-hydrogen) atoms. The zero-order valence-electron chi connectivity index (χ0n) is 12.5. The van der Waals surface area contributed by atoms with Crippen LogP contribution in [0.15, 0.2) is 48.5 Å². The highest BCUT2D eigenvalue weighted by Gasteiger charge is 2.28. The van der Waals surface area contributed by atoms with Crippen LogP contribution in [0.3, 0.4) is 0 Å². The van der Waals surface area contributed by atoms with Gasteiger partial charge in [0.15, 0.2) is 6.10 Å². The van der Waals surface area contributed by atoms with E-state index in [1.54, 1.807) is 18.2 Å². The lowest BCUT2D eigenvalue weighted by atomic mass is 10.0. The Bertz CT molecular complexity index is 694. The summed E-state index contributed by atoms with van der Waals surface area (Å²) in [5, 5.41) is 13.1. The molecule has 0 aliphatic carbocycles. The predicted molar refractivity (Wildman–Crippen MR) is 88.6 cm³/mol. The molecule has 118 valence electrons. The Hall–Kier alpha value is -2.06. The molecule has 0 amide bonds. The van der Waals surface area contributed by atoms with Gasteiger partial charge in [0.2, 0.25) is 0 Å². The Kier molecular flexibility index (Phi) is 5.14. The topological polar surface area (TPSA) is 54.3 Å². The summed E-state index contributed by atoms with van der Waals surface area (Å²) in [6, 6.07) is 17.1. The second-order valence-electron chi connectivity index (χ2n) is 5.31. The molecule has 1 aliphatic heterocycles. The molecule has 2 atom stereocenters. The summed E-state index contributed by atoms with van der Waals surface area (Å²) in [7, 11) is 0. The van der Waals surface area contributed by atoms with Crippen molar-refractivity contribution in [1.29, 1.82) is 5.26 Å². The lowest BCUT2D eigenvalue weighted by Gasteiger charge is -2.31. The molecule has 4 nitrogen and oxygen atoms in total. The average molecular weight is 329 g/mol. The Morgan fingerprint density at radius 3 is 2.78 bits per heavy atom. The van der Waals surface area contributed by atoms with E-state index in [2.05, 4.69) is 11.4 Å². The maximum atomic E-state index is 9.30. The van der Waals surface area contributed by atoms with E-state index in [9.17, 15) is 5.26 Å². The van der Waals surface area contributed by atoms with Gasteiger partial charge < -0.3 is 14.8 Å². The molecular weight excluding hydrogens is 312 g/mol. The van der Waals surface area contributed by atoms with Crippen molar-refractivity contribution in [2.75, 3.05) is 19.7 Å². The van der Waals surface area contributed by atoms with E-state index >= 15 is 0 Å². The molecule has 1 N–H and O–H groups in total. The fraction of sp³-hybridized carbons (Fsp3) is 0.278. The molecule has 2 aromatic carbocycles. The average Bonchev–Trinajstić information content (AvgIpc) is 2.62. The minimum absolute atomic E-state index is 0.117. The van der Waals surface area contributed by atoms with E-state index in [0.29, 0.717) is 29.5 Å². The molecule has 5 heteroatoms. The van der Waals surface area contributed by atoms with Crippen molar-refractivity contribution in [3.05, 3.63) is 64.7 Å². The minimum Gasteiger partial charge on any atom is -0.482 e. The van der Waals surface area contributed by atoms with Gasteiger partial charge in [0.25, 0.3) is 0 Å². The van der Waals surface area contributed by atoms with Gasteiger partial charge in [0.1, 0.15) is 17.9 Å². The number of nitrogens with zero attached hydrogens (tertiary/aromatic N) is 1. The fourth-order valence-corrected chi connectivity index (χ4v) is 2.78. The Balaban J connectivity index is 1.91. The molecule has 0 spiro atoms. The fourth-order valence-electron chi connectivity index (χ4n) is 2.61. The van der Waals surface area contributed by atoms with E-state index in [4.69, 9.17) is 21.1 Å². The number of morpholine rings is 1. The van der Waals surface area contributed by atoms with Crippen molar-refractivity contribution >= 4 is 11.6 Å². The van der Waals surface area contributed by atoms with Crippen molar-refractivity contribution in [3.63, 3.8) is 0 Å². The molecule has 1 aliphatic rings. The van der Waals surface area contributed by atoms with Crippen LogP contribution in [0, 0.1) is 11.3 Å². The first-order valence-corrected chi connectivity index (χ1v) is 7.89. The lowest BCUT2D eigenvalue weighted by molar-refractivity contribution is -0.0433. The highest BCUT2D eigenvalue weighted by Crippen LogP contribution is 2.30. The van der Waals surface area contributed by atoms with Crippen LogP contribution in [0.25, 0.3) is 0 Å².